The third kappa shape index (κ3) is 3.03. The predicted octanol–water partition coefficient (Wildman–Crippen LogP) is 3.47. The van der Waals surface area contributed by atoms with Crippen LogP contribution in [0.2, 0.25) is 0 Å². The molecule has 2 aromatic rings. The van der Waals surface area contributed by atoms with Crippen LogP contribution in [0, 0.1) is 13.8 Å². The molecule has 0 atom stereocenters. The summed E-state index contributed by atoms with van der Waals surface area (Å²) in [5.41, 5.74) is 3.54. The van der Waals surface area contributed by atoms with Gasteiger partial charge in [-0.1, -0.05) is 15.9 Å². The van der Waals surface area contributed by atoms with Gasteiger partial charge in [-0.3, -0.25) is 0 Å². The Kier molecular flexibility index (Phi) is 3.74. The van der Waals surface area contributed by atoms with Crippen LogP contribution in [0.3, 0.4) is 0 Å². The Morgan fingerprint density at radius 3 is 2.29 bits per heavy atom. The van der Waals surface area contributed by atoms with Crippen LogP contribution in [0.1, 0.15) is 17.0 Å². The monoisotopic (exact) mass is 291 g/mol. The van der Waals surface area contributed by atoms with E-state index >= 15 is 0 Å². The first-order chi connectivity index (χ1) is 8.16. The van der Waals surface area contributed by atoms with Crippen LogP contribution in [0.15, 0.2) is 35.1 Å². The van der Waals surface area contributed by atoms with Gasteiger partial charge in [-0.25, -0.2) is 9.97 Å². The van der Waals surface area contributed by atoms with Crippen LogP contribution < -0.4 is 5.32 Å². The van der Waals surface area contributed by atoms with Gasteiger partial charge in [-0.2, -0.15) is 0 Å². The molecular formula is C13H14BrN3. The molecular weight excluding hydrogens is 278 g/mol. The molecule has 3 nitrogen and oxygen atoms in total. The first-order valence-corrected chi connectivity index (χ1v) is 6.22. The molecule has 4 heteroatoms. The second-order valence-electron chi connectivity index (χ2n) is 3.94. The van der Waals surface area contributed by atoms with Gasteiger partial charge in [0, 0.05) is 22.6 Å². The minimum atomic E-state index is 0.640. The summed E-state index contributed by atoms with van der Waals surface area (Å²) < 4.78 is 1.17. The molecule has 0 aliphatic carbocycles. The highest BCUT2D eigenvalue weighted by molar-refractivity contribution is 9.10. The third-order valence-corrected chi connectivity index (χ3v) is 3.76. The average molecular weight is 292 g/mol. The maximum absolute atomic E-state index is 4.17. The summed E-state index contributed by atoms with van der Waals surface area (Å²) in [6.45, 7) is 4.81. The lowest BCUT2D eigenvalue weighted by Gasteiger charge is -2.09. The predicted molar refractivity (Wildman–Crippen MR) is 73.0 cm³/mol. The Hall–Kier alpha value is -1.42. The molecule has 0 unspecified atom stereocenters. The highest BCUT2D eigenvalue weighted by atomic mass is 79.9. The van der Waals surface area contributed by atoms with Gasteiger partial charge in [0.1, 0.15) is 5.82 Å². The molecule has 17 heavy (non-hydrogen) atoms. The van der Waals surface area contributed by atoms with Gasteiger partial charge in [0.05, 0.1) is 6.54 Å². The number of rotatable bonds is 3. The summed E-state index contributed by atoms with van der Waals surface area (Å²) in [6.07, 6.45) is 3.50. The Labute approximate surface area is 109 Å². The lowest BCUT2D eigenvalue weighted by Crippen LogP contribution is -2.04. The van der Waals surface area contributed by atoms with E-state index in [4.69, 9.17) is 0 Å². The van der Waals surface area contributed by atoms with Crippen LogP contribution in [0.25, 0.3) is 0 Å². The van der Waals surface area contributed by atoms with Gasteiger partial charge in [0.2, 0.25) is 0 Å². The zero-order valence-corrected chi connectivity index (χ0v) is 11.5. The van der Waals surface area contributed by atoms with E-state index in [-0.39, 0.29) is 0 Å². The van der Waals surface area contributed by atoms with Crippen molar-refractivity contribution in [3.05, 3.63) is 52.0 Å². The summed E-state index contributed by atoms with van der Waals surface area (Å²) in [7, 11) is 0. The van der Waals surface area contributed by atoms with Crippen molar-refractivity contribution in [1.29, 1.82) is 0 Å². The fourth-order valence-electron chi connectivity index (χ4n) is 1.65. The van der Waals surface area contributed by atoms with Crippen LogP contribution in [0.4, 0.5) is 5.69 Å². The second kappa shape index (κ2) is 5.27. The number of benzene rings is 1. The van der Waals surface area contributed by atoms with Crippen molar-refractivity contribution in [2.24, 2.45) is 0 Å². The maximum atomic E-state index is 4.17. The molecule has 0 spiro atoms. The van der Waals surface area contributed by atoms with Crippen molar-refractivity contribution < 1.29 is 0 Å². The number of aromatic nitrogens is 2. The van der Waals surface area contributed by atoms with Gasteiger partial charge in [0.25, 0.3) is 0 Å². The number of halogens is 1. The van der Waals surface area contributed by atoms with Crippen molar-refractivity contribution in [3.63, 3.8) is 0 Å². The number of hydrogen-bond acceptors (Lipinski definition) is 3. The number of nitrogens with one attached hydrogen (secondary N) is 1. The molecule has 0 bridgehead atoms. The summed E-state index contributed by atoms with van der Waals surface area (Å²) in [5, 5.41) is 3.32. The van der Waals surface area contributed by atoms with Crippen LogP contribution in [0.5, 0.6) is 0 Å². The first-order valence-electron chi connectivity index (χ1n) is 5.43. The molecule has 0 amide bonds. The fraction of sp³-hybridized carbons (Fsp3) is 0.231. The molecule has 88 valence electrons. The van der Waals surface area contributed by atoms with E-state index in [0.717, 1.165) is 11.5 Å². The minimum Gasteiger partial charge on any atom is -0.378 e. The van der Waals surface area contributed by atoms with Gasteiger partial charge in [-0.05, 0) is 43.2 Å². The van der Waals surface area contributed by atoms with E-state index in [2.05, 4.69) is 57.2 Å². The third-order valence-electron chi connectivity index (χ3n) is 2.51. The largest absolute Gasteiger partial charge is 0.378 e. The fourth-order valence-corrected chi connectivity index (χ4v) is 1.88. The Morgan fingerprint density at radius 1 is 1.12 bits per heavy atom. The highest BCUT2D eigenvalue weighted by Crippen LogP contribution is 2.25. The molecule has 1 aromatic heterocycles. The maximum Gasteiger partial charge on any atom is 0.147 e. The van der Waals surface area contributed by atoms with Crippen LogP contribution >= 0.6 is 15.9 Å². The minimum absolute atomic E-state index is 0.640. The molecule has 1 N–H and O–H groups in total. The lowest BCUT2D eigenvalue weighted by molar-refractivity contribution is 0.947. The van der Waals surface area contributed by atoms with Crippen molar-refractivity contribution in [3.8, 4) is 0 Å². The second-order valence-corrected chi connectivity index (χ2v) is 4.74. The van der Waals surface area contributed by atoms with E-state index in [0.29, 0.717) is 6.54 Å². The van der Waals surface area contributed by atoms with E-state index < -0.39 is 0 Å². The number of aryl methyl sites for hydroxylation is 2. The molecule has 1 aromatic carbocycles. The molecule has 1 heterocycles. The number of hydrogen-bond donors (Lipinski definition) is 1. The smallest absolute Gasteiger partial charge is 0.147 e. The number of anilines is 1. The van der Waals surface area contributed by atoms with Crippen molar-refractivity contribution >= 4 is 21.6 Å². The van der Waals surface area contributed by atoms with E-state index in [9.17, 15) is 0 Å². The van der Waals surface area contributed by atoms with E-state index in [1.54, 1.807) is 12.4 Å². The molecule has 0 aliphatic rings. The Morgan fingerprint density at radius 2 is 1.71 bits per heavy atom. The summed E-state index contributed by atoms with van der Waals surface area (Å²) in [6, 6.07) is 6.04. The van der Waals surface area contributed by atoms with Gasteiger partial charge in [0.15, 0.2) is 0 Å². The summed E-state index contributed by atoms with van der Waals surface area (Å²) in [4.78, 5) is 8.35. The van der Waals surface area contributed by atoms with Crippen molar-refractivity contribution in [2.45, 2.75) is 20.4 Å². The van der Waals surface area contributed by atoms with Crippen molar-refractivity contribution in [1.82, 2.24) is 9.97 Å². The lowest BCUT2D eigenvalue weighted by atomic mass is 10.1. The van der Waals surface area contributed by atoms with Gasteiger partial charge in [-0.15, -0.1) is 0 Å². The molecule has 0 radical (unpaired) electrons. The molecule has 0 fully saturated rings. The average Bonchev–Trinajstić information content (AvgIpc) is 2.34. The van der Waals surface area contributed by atoms with E-state index in [1.165, 1.54) is 15.6 Å². The SMILES string of the molecule is Cc1cc(NCc2ncccn2)cc(C)c1Br. The quantitative estimate of drug-likeness (QED) is 0.941. The van der Waals surface area contributed by atoms with Crippen LogP contribution in [-0.2, 0) is 6.54 Å². The molecule has 0 aliphatic heterocycles. The van der Waals surface area contributed by atoms with E-state index in [1.807, 2.05) is 6.07 Å². The van der Waals surface area contributed by atoms with Crippen molar-refractivity contribution in [2.75, 3.05) is 5.32 Å². The number of nitrogens with zero attached hydrogens (tertiary/aromatic N) is 2. The van der Waals surface area contributed by atoms with Crippen LogP contribution in [-0.4, -0.2) is 9.97 Å². The topological polar surface area (TPSA) is 37.8 Å². The highest BCUT2D eigenvalue weighted by Gasteiger charge is 2.02. The standard InChI is InChI=1S/C13H14BrN3/c1-9-6-11(7-10(2)13(9)14)17-8-12-15-4-3-5-16-12/h3-7,17H,8H2,1-2H3. The van der Waals surface area contributed by atoms with Gasteiger partial charge >= 0.3 is 0 Å². The molecule has 0 saturated carbocycles. The summed E-state index contributed by atoms with van der Waals surface area (Å²) >= 11 is 3.56. The molecule has 0 saturated heterocycles. The molecule has 2 rings (SSSR count). The van der Waals surface area contributed by atoms with Gasteiger partial charge < -0.3 is 5.32 Å². The summed E-state index contributed by atoms with van der Waals surface area (Å²) in [5.74, 6) is 0.797. The Balaban J connectivity index is 2.10. The normalized spacial score (nSPS) is 10.3. The zero-order valence-electron chi connectivity index (χ0n) is 9.87. The first kappa shape index (κ1) is 12.0. The zero-order chi connectivity index (χ0) is 12.3. The Bertz CT molecular complexity index is 488.